The number of nitrogens with one attached hydrogen (secondary N) is 1. The van der Waals surface area contributed by atoms with E-state index in [9.17, 15) is 9.59 Å². The van der Waals surface area contributed by atoms with Gasteiger partial charge in [0.25, 0.3) is 0 Å². The van der Waals surface area contributed by atoms with Crippen LogP contribution in [0.5, 0.6) is 0 Å². The highest BCUT2D eigenvalue weighted by atomic mass is 16.5. The standard InChI is InChI=1S/C15H21N3O3/c1-2-21-15(20)12-5-9-18(10-6-12)11-14(19)17-13-3-7-16-8-4-13/h3-4,7-8,12H,2,5-6,9-11H2,1H3,(H,16,17,19). The van der Waals surface area contributed by atoms with Crippen molar-refractivity contribution in [3.8, 4) is 0 Å². The van der Waals surface area contributed by atoms with Crippen molar-refractivity contribution in [2.75, 3.05) is 31.6 Å². The van der Waals surface area contributed by atoms with E-state index < -0.39 is 0 Å². The Bertz CT molecular complexity index is 470. The van der Waals surface area contributed by atoms with Crippen molar-refractivity contribution in [3.05, 3.63) is 24.5 Å². The molecule has 114 valence electrons. The SMILES string of the molecule is CCOC(=O)C1CCN(CC(=O)Nc2ccncc2)CC1. The summed E-state index contributed by atoms with van der Waals surface area (Å²) >= 11 is 0. The number of hydrogen-bond acceptors (Lipinski definition) is 5. The number of amides is 1. The minimum Gasteiger partial charge on any atom is -0.466 e. The molecule has 0 aliphatic carbocycles. The summed E-state index contributed by atoms with van der Waals surface area (Å²) in [6.07, 6.45) is 4.78. The van der Waals surface area contributed by atoms with E-state index in [0.717, 1.165) is 31.6 Å². The van der Waals surface area contributed by atoms with Crippen LogP contribution >= 0.6 is 0 Å². The molecule has 1 aromatic rings. The number of piperidine rings is 1. The third-order valence-corrected chi connectivity index (χ3v) is 3.54. The molecule has 1 aliphatic rings. The summed E-state index contributed by atoms with van der Waals surface area (Å²) in [6, 6.07) is 3.51. The Hall–Kier alpha value is -1.95. The molecule has 6 nitrogen and oxygen atoms in total. The normalized spacial score (nSPS) is 16.4. The molecule has 0 radical (unpaired) electrons. The van der Waals surface area contributed by atoms with E-state index in [-0.39, 0.29) is 17.8 Å². The van der Waals surface area contributed by atoms with Crippen molar-refractivity contribution in [1.82, 2.24) is 9.88 Å². The van der Waals surface area contributed by atoms with Crippen molar-refractivity contribution in [2.45, 2.75) is 19.8 Å². The van der Waals surface area contributed by atoms with Crippen LogP contribution in [-0.2, 0) is 14.3 Å². The first-order valence-corrected chi connectivity index (χ1v) is 7.28. The highest BCUT2D eigenvalue weighted by Gasteiger charge is 2.26. The lowest BCUT2D eigenvalue weighted by Crippen LogP contribution is -2.41. The number of esters is 1. The fraction of sp³-hybridized carbons (Fsp3) is 0.533. The lowest BCUT2D eigenvalue weighted by molar-refractivity contribution is -0.149. The maximum atomic E-state index is 11.9. The van der Waals surface area contributed by atoms with Gasteiger partial charge in [-0.05, 0) is 45.0 Å². The van der Waals surface area contributed by atoms with Crippen LogP contribution in [0.2, 0.25) is 0 Å². The summed E-state index contributed by atoms with van der Waals surface area (Å²) in [5.74, 6) is -0.182. The highest BCUT2D eigenvalue weighted by Crippen LogP contribution is 2.18. The summed E-state index contributed by atoms with van der Waals surface area (Å²) < 4.78 is 5.03. The summed E-state index contributed by atoms with van der Waals surface area (Å²) in [7, 11) is 0. The van der Waals surface area contributed by atoms with Crippen molar-refractivity contribution >= 4 is 17.6 Å². The number of pyridine rings is 1. The number of carbonyl (C=O) groups is 2. The molecule has 2 heterocycles. The van der Waals surface area contributed by atoms with Crippen LogP contribution in [0.1, 0.15) is 19.8 Å². The zero-order valence-corrected chi connectivity index (χ0v) is 12.2. The molecule has 0 saturated carbocycles. The molecule has 0 bridgehead atoms. The van der Waals surface area contributed by atoms with Crippen molar-refractivity contribution < 1.29 is 14.3 Å². The Labute approximate surface area is 124 Å². The minimum absolute atomic E-state index is 0.0236. The smallest absolute Gasteiger partial charge is 0.309 e. The fourth-order valence-corrected chi connectivity index (χ4v) is 2.43. The highest BCUT2D eigenvalue weighted by molar-refractivity contribution is 5.92. The first-order chi connectivity index (χ1) is 10.2. The molecular weight excluding hydrogens is 270 g/mol. The van der Waals surface area contributed by atoms with Gasteiger partial charge in [-0.3, -0.25) is 19.5 Å². The third-order valence-electron chi connectivity index (χ3n) is 3.54. The summed E-state index contributed by atoms with van der Waals surface area (Å²) in [5, 5.41) is 2.83. The van der Waals surface area contributed by atoms with Gasteiger partial charge in [0.05, 0.1) is 19.1 Å². The van der Waals surface area contributed by atoms with Crippen LogP contribution in [0.3, 0.4) is 0 Å². The second-order valence-electron chi connectivity index (χ2n) is 5.09. The average Bonchev–Trinajstić information content (AvgIpc) is 2.49. The van der Waals surface area contributed by atoms with Gasteiger partial charge in [-0.2, -0.15) is 0 Å². The third kappa shape index (κ3) is 4.82. The molecule has 1 amide bonds. The van der Waals surface area contributed by atoms with E-state index in [1.54, 1.807) is 24.5 Å². The summed E-state index contributed by atoms with van der Waals surface area (Å²) in [6.45, 7) is 4.07. The first-order valence-electron chi connectivity index (χ1n) is 7.28. The van der Waals surface area contributed by atoms with Gasteiger partial charge in [-0.15, -0.1) is 0 Å². The maximum Gasteiger partial charge on any atom is 0.309 e. The zero-order chi connectivity index (χ0) is 15.1. The molecule has 2 rings (SSSR count). The largest absolute Gasteiger partial charge is 0.466 e. The van der Waals surface area contributed by atoms with Gasteiger partial charge in [0, 0.05) is 18.1 Å². The maximum absolute atomic E-state index is 11.9. The molecule has 1 N–H and O–H groups in total. The number of ether oxygens (including phenoxy) is 1. The number of aromatic nitrogens is 1. The molecule has 0 aromatic carbocycles. The van der Waals surface area contributed by atoms with Crippen LogP contribution in [0.15, 0.2) is 24.5 Å². The lowest BCUT2D eigenvalue weighted by Gasteiger charge is -2.30. The Morgan fingerprint density at radius 3 is 2.62 bits per heavy atom. The van der Waals surface area contributed by atoms with E-state index >= 15 is 0 Å². The molecule has 1 aromatic heterocycles. The lowest BCUT2D eigenvalue weighted by atomic mass is 9.97. The van der Waals surface area contributed by atoms with Gasteiger partial charge in [-0.1, -0.05) is 0 Å². The average molecular weight is 291 g/mol. The number of nitrogens with zero attached hydrogens (tertiary/aromatic N) is 2. The topological polar surface area (TPSA) is 71.5 Å². The van der Waals surface area contributed by atoms with Crippen LogP contribution in [0.25, 0.3) is 0 Å². The second kappa shape index (κ2) is 7.73. The predicted octanol–water partition coefficient (Wildman–Crippen LogP) is 1.30. The Morgan fingerprint density at radius 1 is 1.33 bits per heavy atom. The molecule has 1 saturated heterocycles. The number of carbonyl (C=O) groups excluding carboxylic acids is 2. The van der Waals surface area contributed by atoms with Crippen LogP contribution in [-0.4, -0.2) is 48.0 Å². The van der Waals surface area contributed by atoms with E-state index in [0.29, 0.717) is 13.2 Å². The van der Waals surface area contributed by atoms with Crippen molar-refractivity contribution in [1.29, 1.82) is 0 Å². The predicted molar refractivity (Wildman–Crippen MR) is 78.7 cm³/mol. The molecule has 0 unspecified atom stereocenters. The Morgan fingerprint density at radius 2 is 2.00 bits per heavy atom. The van der Waals surface area contributed by atoms with Gasteiger partial charge in [0.2, 0.25) is 5.91 Å². The van der Waals surface area contributed by atoms with Crippen LogP contribution in [0, 0.1) is 5.92 Å². The van der Waals surface area contributed by atoms with Gasteiger partial charge < -0.3 is 10.1 Å². The van der Waals surface area contributed by atoms with E-state index in [4.69, 9.17) is 4.74 Å². The van der Waals surface area contributed by atoms with Gasteiger partial charge in [0.1, 0.15) is 0 Å². The fourth-order valence-electron chi connectivity index (χ4n) is 2.43. The molecule has 0 atom stereocenters. The van der Waals surface area contributed by atoms with Crippen LogP contribution < -0.4 is 5.32 Å². The second-order valence-corrected chi connectivity index (χ2v) is 5.09. The first kappa shape index (κ1) is 15.4. The van der Waals surface area contributed by atoms with E-state index in [1.807, 2.05) is 6.92 Å². The molecule has 6 heteroatoms. The van der Waals surface area contributed by atoms with E-state index in [1.165, 1.54) is 0 Å². The molecule has 0 spiro atoms. The Balaban J connectivity index is 1.73. The number of likely N-dealkylation sites (tertiary alicyclic amines) is 1. The van der Waals surface area contributed by atoms with Gasteiger partial charge in [0.15, 0.2) is 0 Å². The Kier molecular flexibility index (Phi) is 5.68. The summed E-state index contributed by atoms with van der Waals surface area (Å²) in [4.78, 5) is 29.5. The number of anilines is 1. The molecule has 1 fully saturated rings. The monoisotopic (exact) mass is 291 g/mol. The summed E-state index contributed by atoms with van der Waals surface area (Å²) in [5.41, 5.74) is 0.747. The quantitative estimate of drug-likeness (QED) is 0.828. The number of rotatable bonds is 5. The van der Waals surface area contributed by atoms with Gasteiger partial charge >= 0.3 is 5.97 Å². The van der Waals surface area contributed by atoms with E-state index in [2.05, 4.69) is 15.2 Å². The molecule has 1 aliphatic heterocycles. The van der Waals surface area contributed by atoms with Crippen LogP contribution in [0.4, 0.5) is 5.69 Å². The zero-order valence-electron chi connectivity index (χ0n) is 12.2. The van der Waals surface area contributed by atoms with Crippen molar-refractivity contribution in [3.63, 3.8) is 0 Å². The minimum atomic E-state index is -0.113. The van der Waals surface area contributed by atoms with Gasteiger partial charge in [-0.25, -0.2) is 0 Å². The number of hydrogen-bond donors (Lipinski definition) is 1. The molecule has 21 heavy (non-hydrogen) atoms. The molecular formula is C15H21N3O3. The van der Waals surface area contributed by atoms with Crippen molar-refractivity contribution in [2.24, 2.45) is 5.92 Å².